The highest BCUT2D eigenvalue weighted by molar-refractivity contribution is 9.10. The van der Waals surface area contributed by atoms with E-state index in [2.05, 4.69) is 26.6 Å². The number of amides is 1. The first-order valence-electron chi connectivity index (χ1n) is 8.10. The van der Waals surface area contributed by atoms with Crippen LogP contribution in [0.2, 0.25) is 0 Å². The number of halogens is 1. The third-order valence-electron chi connectivity index (χ3n) is 3.64. The molecule has 0 saturated heterocycles. The summed E-state index contributed by atoms with van der Waals surface area (Å²) in [6.45, 7) is 2.43. The van der Waals surface area contributed by atoms with Crippen molar-refractivity contribution in [3.05, 3.63) is 62.1 Å². The summed E-state index contributed by atoms with van der Waals surface area (Å²) in [5.74, 6) is -0.0959. The predicted molar refractivity (Wildman–Crippen MR) is 113 cm³/mol. The fourth-order valence-electron chi connectivity index (χ4n) is 2.22. The average molecular weight is 468 g/mol. The summed E-state index contributed by atoms with van der Waals surface area (Å²) in [4.78, 5) is 23.1. The van der Waals surface area contributed by atoms with E-state index < -0.39 is 10.8 Å². The zero-order valence-electron chi connectivity index (χ0n) is 15.2. The van der Waals surface area contributed by atoms with Gasteiger partial charge in [0.15, 0.2) is 5.11 Å². The molecule has 2 aromatic rings. The fourth-order valence-corrected chi connectivity index (χ4v) is 2.79. The zero-order chi connectivity index (χ0) is 20.7. The van der Waals surface area contributed by atoms with Crippen molar-refractivity contribution in [2.45, 2.75) is 6.92 Å². The number of nitrogens with zero attached hydrogens (tertiary/aromatic N) is 1. The molecule has 0 spiro atoms. The summed E-state index contributed by atoms with van der Waals surface area (Å²) in [7, 11) is 1.55. The number of benzene rings is 2. The highest BCUT2D eigenvalue weighted by Gasteiger charge is 2.16. The van der Waals surface area contributed by atoms with Crippen molar-refractivity contribution in [3.63, 3.8) is 0 Å². The number of anilines is 1. The molecule has 0 saturated carbocycles. The van der Waals surface area contributed by atoms with E-state index in [-0.39, 0.29) is 23.0 Å². The molecule has 8 nitrogen and oxygen atoms in total. The van der Waals surface area contributed by atoms with Crippen LogP contribution in [-0.2, 0) is 4.74 Å². The largest absolute Gasteiger partial charge is 0.490 e. The standard InChI is InChI=1S/C18H18BrN3O5S/c1-11-3-5-13(22(24)25)10-15(11)20-18(28)21-17(23)14-9-12(19)4-6-16(14)27-8-7-26-2/h3-6,9-10H,7-8H2,1-2H3,(H2,20,21,23,28). The molecule has 148 valence electrons. The minimum absolute atomic E-state index is 0.0106. The van der Waals surface area contributed by atoms with Crippen LogP contribution in [0.4, 0.5) is 11.4 Å². The van der Waals surface area contributed by atoms with Crippen LogP contribution >= 0.6 is 28.1 Å². The van der Waals surface area contributed by atoms with Crippen molar-refractivity contribution in [3.8, 4) is 5.75 Å². The third kappa shape index (κ3) is 5.98. The van der Waals surface area contributed by atoms with Gasteiger partial charge in [-0.15, -0.1) is 0 Å². The number of nitro groups is 1. The number of carbonyl (C=O) groups excluding carboxylic acids is 1. The molecule has 0 aliphatic carbocycles. The number of ether oxygens (including phenoxy) is 2. The maximum Gasteiger partial charge on any atom is 0.271 e. The van der Waals surface area contributed by atoms with Gasteiger partial charge in [-0.05, 0) is 42.9 Å². The Morgan fingerprint density at radius 1 is 1.25 bits per heavy atom. The number of carbonyl (C=O) groups is 1. The van der Waals surface area contributed by atoms with Crippen LogP contribution in [0.5, 0.6) is 5.75 Å². The van der Waals surface area contributed by atoms with Gasteiger partial charge in [-0.2, -0.15) is 0 Å². The zero-order valence-corrected chi connectivity index (χ0v) is 17.6. The van der Waals surface area contributed by atoms with Crippen LogP contribution in [0.15, 0.2) is 40.9 Å². The highest BCUT2D eigenvalue weighted by atomic mass is 79.9. The van der Waals surface area contributed by atoms with Crippen LogP contribution in [0.25, 0.3) is 0 Å². The molecule has 0 aliphatic heterocycles. The average Bonchev–Trinajstić information content (AvgIpc) is 2.64. The van der Waals surface area contributed by atoms with Gasteiger partial charge in [0.25, 0.3) is 11.6 Å². The van der Waals surface area contributed by atoms with Gasteiger partial charge in [0, 0.05) is 29.4 Å². The van der Waals surface area contributed by atoms with Gasteiger partial charge in [-0.1, -0.05) is 22.0 Å². The Balaban J connectivity index is 2.12. The second-order valence-corrected chi connectivity index (χ2v) is 6.97. The Kier molecular flexibility index (Phi) is 7.85. The smallest absolute Gasteiger partial charge is 0.271 e. The number of rotatable bonds is 7. The lowest BCUT2D eigenvalue weighted by atomic mass is 10.2. The predicted octanol–water partition coefficient (Wildman–Crippen LogP) is 3.82. The molecule has 0 radical (unpaired) electrons. The van der Waals surface area contributed by atoms with Gasteiger partial charge in [-0.25, -0.2) is 0 Å². The first-order chi connectivity index (χ1) is 13.3. The first-order valence-corrected chi connectivity index (χ1v) is 9.30. The first kappa shape index (κ1) is 21.7. The molecular formula is C18H18BrN3O5S. The van der Waals surface area contributed by atoms with Crippen molar-refractivity contribution in [2.24, 2.45) is 0 Å². The Bertz CT molecular complexity index is 907. The number of thiocarbonyl (C=S) groups is 1. The van der Waals surface area contributed by atoms with Crippen molar-refractivity contribution in [1.29, 1.82) is 0 Å². The van der Waals surface area contributed by atoms with Crippen LogP contribution in [-0.4, -0.2) is 36.3 Å². The van der Waals surface area contributed by atoms with Crippen LogP contribution in [0.3, 0.4) is 0 Å². The summed E-state index contributed by atoms with van der Waals surface area (Å²) in [5.41, 5.74) is 1.38. The summed E-state index contributed by atoms with van der Waals surface area (Å²) < 4.78 is 11.2. The fraction of sp³-hybridized carbons (Fsp3) is 0.222. The van der Waals surface area contributed by atoms with E-state index in [0.717, 1.165) is 5.56 Å². The van der Waals surface area contributed by atoms with E-state index in [1.807, 2.05) is 0 Å². The Hall–Kier alpha value is -2.56. The molecule has 0 fully saturated rings. The molecule has 2 N–H and O–H groups in total. The molecule has 0 aliphatic rings. The molecule has 0 aromatic heterocycles. The quantitative estimate of drug-likeness (QED) is 0.276. The van der Waals surface area contributed by atoms with Crippen molar-refractivity contribution >= 4 is 50.5 Å². The Morgan fingerprint density at radius 2 is 2.00 bits per heavy atom. The SMILES string of the molecule is COCCOc1ccc(Br)cc1C(=O)NC(=S)Nc1cc([N+](=O)[O-])ccc1C. The van der Waals surface area contributed by atoms with Gasteiger partial charge in [-0.3, -0.25) is 20.2 Å². The number of nitro benzene ring substituents is 1. The number of nitrogens with one attached hydrogen (secondary N) is 2. The van der Waals surface area contributed by atoms with E-state index in [9.17, 15) is 14.9 Å². The lowest BCUT2D eigenvalue weighted by Crippen LogP contribution is -2.34. The van der Waals surface area contributed by atoms with E-state index >= 15 is 0 Å². The number of non-ortho nitro benzene ring substituents is 1. The Morgan fingerprint density at radius 3 is 2.68 bits per heavy atom. The molecule has 0 unspecified atom stereocenters. The normalized spacial score (nSPS) is 10.2. The molecule has 2 rings (SSSR count). The van der Waals surface area contributed by atoms with Crippen LogP contribution in [0, 0.1) is 17.0 Å². The maximum atomic E-state index is 12.6. The van der Waals surface area contributed by atoms with Gasteiger partial charge in [0.1, 0.15) is 12.4 Å². The van der Waals surface area contributed by atoms with Crippen molar-refractivity contribution in [2.75, 3.05) is 25.6 Å². The van der Waals surface area contributed by atoms with Crippen LogP contribution < -0.4 is 15.4 Å². The molecular weight excluding hydrogens is 450 g/mol. The van der Waals surface area contributed by atoms with E-state index in [4.69, 9.17) is 21.7 Å². The monoisotopic (exact) mass is 467 g/mol. The number of methoxy groups -OCH3 is 1. The minimum atomic E-state index is -0.503. The van der Waals surface area contributed by atoms with Gasteiger partial charge < -0.3 is 14.8 Å². The summed E-state index contributed by atoms with van der Waals surface area (Å²) in [6.07, 6.45) is 0. The van der Waals surface area contributed by atoms with E-state index in [1.165, 1.54) is 12.1 Å². The number of aryl methyl sites for hydroxylation is 1. The third-order valence-corrected chi connectivity index (χ3v) is 4.34. The van der Waals surface area contributed by atoms with Crippen LogP contribution in [0.1, 0.15) is 15.9 Å². The molecule has 1 amide bonds. The van der Waals surface area contributed by atoms with Gasteiger partial charge >= 0.3 is 0 Å². The summed E-state index contributed by atoms with van der Waals surface area (Å²) >= 11 is 8.50. The molecule has 10 heteroatoms. The van der Waals surface area contributed by atoms with Gasteiger partial charge in [0.2, 0.25) is 0 Å². The molecule has 2 aromatic carbocycles. The van der Waals surface area contributed by atoms with Crippen molar-refractivity contribution in [1.82, 2.24) is 5.32 Å². The number of hydrogen-bond donors (Lipinski definition) is 2. The molecule has 0 heterocycles. The maximum absolute atomic E-state index is 12.6. The number of hydrogen-bond acceptors (Lipinski definition) is 6. The second kappa shape index (κ2) is 10.1. The van der Waals surface area contributed by atoms with Gasteiger partial charge in [0.05, 0.1) is 17.1 Å². The lowest BCUT2D eigenvalue weighted by Gasteiger charge is -2.14. The summed E-state index contributed by atoms with van der Waals surface area (Å²) in [6, 6.07) is 9.37. The topological polar surface area (TPSA) is 103 Å². The van der Waals surface area contributed by atoms with E-state index in [0.29, 0.717) is 22.5 Å². The summed E-state index contributed by atoms with van der Waals surface area (Å²) in [5, 5.41) is 16.3. The minimum Gasteiger partial charge on any atom is -0.490 e. The molecule has 0 atom stereocenters. The second-order valence-electron chi connectivity index (χ2n) is 5.65. The van der Waals surface area contributed by atoms with Crippen molar-refractivity contribution < 1.29 is 19.2 Å². The molecule has 0 bridgehead atoms. The lowest BCUT2D eigenvalue weighted by molar-refractivity contribution is -0.384. The highest BCUT2D eigenvalue weighted by Crippen LogP contribution is 2.24. The Labute approximate surface area is 175 Å². The molecule has 28 heavy (non-hydrogen) atoms. The van der Waals surface area contributed by atoms with E-state index in [1.54, 1.807) is 38.3 Å².